The lowest BCUT2D eigenvalue weighted by Gasteiger charge is -2.24. The van der Waals surface area contributed by atoms with Gasteiger partial charge in [0.05, 0.1) is 18.8 Å². The van der Waals surface area contributed by atoms with Crippen LogP contribution in [0.4, 0.5) is 0 Å². The van der Waals surface area contributed by atoms with Crippen LogP contribution < -0.4 is 10.6 Å². The molecule has 1 aromatic heterocycles. The quantitative estimate of drug-likeness (QED) is 0.654. The monoisotopic (exact) mass is 382 g/mol. The Hall–Kier alpha value is -2.63. The first-order valence-corrected chi connectivity index (χ1v) is 10.3. The lowest BCUT2D eigenvalue weighted by molar-refractivity contribution is -0.122. The molecule has 3 rings (SSSR count). The molecule has 1 atom stereocenters. The van der Waals surface area contributed by atoms with E-state index in [1.54, 1.807) is 0 Å². The van der Waals surface area contributed by atoms with E-state index in [4.69, 9.17) is 0 Å². The number of nitrogens with one attached hydrogen (secondary N) is 2. The third-order valence-electron chi connectivity index (χ3n) is 5.23. The van der Waals surface area contributed by atoms with Crippen LogP contribution in [-0.4, -0.2) is 28.1 Å². The minimum absolute atomic E-state index is 0.00124. The van der Waals surface area contributed by atoms with Crippen molar-refractivity contribution in [2.75, 3.05) is 6.54 Å². The second kappa shape index (κ2) is 10.1. The number of carbonyl (C=O) groups excluding carboxylic acids is 2. The molecule has 2 aromatic rings. The zero-order valence-corrected chi connectivity index (χ0v) is 16.6. The molecule has 0 saturated heterocycles. The van der Waals surface area contributed by atoms with Gasteiger partial charge in [-0.25, -0.2) is 0 Å². The van der Waals surface area contributed by atoms with E-state index in [1.165, 1.54) is 23.7 Å². The van der Waals surface area contributed by atoms with Crippen molar-refractivity contribution in [3.05, 3.63) is 53.3 Å². The van der Waals surface area contributed by atoms with E-state index in [9.17, 15) is 9.59 Å². The summed E-state index contributed by atoms with van der Waals surface area (Å²) in [7, 11) is 0. The molecular formula is C22H30N4O2. The Morgan fingerprint density at radius 1 is 1.18 bits per heavy atom. The highest BCUT2D eigenvalue weighted by Crippen LogP contribution is 2.30. The minimum atomic E-state index is -0.00124. The molecule has 1 heterocycles. The van der Waals surface area contributed by atoms with Crippen LogP contribution in [0.25, 0.3) is 0 Å². The van der Waals surface area contributed by atoms with Crippen molar-refractivity contribution in [1.29, 1.82) is 0 Å². The molecule has 2 amide bonds. The van der Waals surface area contributed by atoms with Gasteiger partial charge in [-0.05, 0) is 37.7 Å². The standard InChI is InChI=1S/C22H30N4O2/c1-17(27)23-14-7-3-6-13-22(28)25-20-11-8-12-21-19(20)15-24-26(21)16-18-9-4-2-5-10-18/h2,4-5,9-10,15,20H,3,6-8,11-14,16H2,1H3,(H,23,27)(H,25,28). The first-order chi connectivity index (χ1) is 13.6. The van der Waals surface area contributed by atoms with Crippen LogP contribution in [0.15, 0.2) is 36.5 Å². The van der Waals surface area contributed by atoms with Crippen molar-refractivity contribution in [2.45, 2.75) is 64.5 Å². The van der Waals surface area contributed by atoms with E-state index in [2.05, 4.69) is 32.5 Å². The number of carbonyl (C=O) groups is 2. The number of fused-ring (bicyclic) bond motifs is 1. The van der Waals surface area contributed by atoms with Crippen LogP contribution >= 0.6 is 0 Å². The summed E-state index contributed by atoms with van der Waals surface area (Å²) in [6.45, 7) is 2.97. The van der Waals surface area contributed by atoms with Crippen molar-refractivity contribution >= 4 is 11.8 Å². The molecule has 2 N–H and O–H groups in total. The Kier molecular flexibility index (Phi) is 7.23. The summed E-state index contributed by atoms with van der Waals surface area (Å²) >= 11 is 0. The van der Waals surface area contributed by atoms with Crippen molar-refractivity contribution in [2.24, 2.45) is 0 Å². The zero-order chi connectivity index (χ0) is 19.8. The molecule has 1 aliphatic carbocycles. The van der Waals surface area contributed by atoms with E-state index in [0.717, 1.165) is 45.1 Å². The molecule has 0 saturated carbocycles. The molecule has 150 valence electrons. The first kappa shape index (κ1) is 20.1. The summed E-state index contributed by atoms with van der Waals surface area (Å²) < 4.78 is 2.07. The number of benzene rings is 1. The Morgan fingerprint density at radius 2 is 2.00 bits per heavy atom. The summed E-state index contributed by atoms with van der Waals surface area (Å²) in [6.07, 6.45) is 8.20. The highest BCUT2D eigenvalue weighted by Gasteiger charge is 2.25. The van der Waals surface area contributed by atoms with E-state index in [-0.39, 0.29) is 17.9 Å². The first-order valence-electron chi connectivity index (χ1n) is 10.3. The molecule has 0 fully saturated rings. The van der Waals surface area contributed by atoms with E-state index in [0.29, 0.717) is 13.0 Å². The van der Waals surface area contributed by atoms with Crippen LogP contribution in [0, 0.1) is 0 Å². The topological polar surface area (TPSA) is 76.0 Å². The van der Waals surface area contributed by atoms with Crippen molar-refractivity contribution in [3.63, 3.8) is 0 Å². The van der Waals surface area contributed by atoms with E-state index >= 15 is 0 Å². The molecule has 0 spiro atoms. The van der Waals surface area contributed by atoms with Crippen LogP contribution in [0.5, 0.6) is 0 Å². The van der Waals surface area contributed by atoms with Gasteiger partial charge in [-0.15, -0.1) is 0 Å². The van der Waals surface area contributed by atoms with E-state index < -0.39 is 0 Å². The van der Waals surface area contributed by atoms with Crippen molar-refractivity contribution in [1.82, 2.24) is 20.4 Å². The Labute approximate surface area is 166 Å². The normalized spacial score (nSPS) is 15.7. The van der Waals surface area contributed by atoms with Crippen molar-refractivity contribution in [3.8, 4) is 0 Å². The lowest BCUT2D eigenvalue weighted by atomic mass is 9.92. The smallest absolute Gasteiger partial charge is 0.220 e. The van der Waals surface area contributed by atoms with Gasteiger partial charge in [0.25, 0.3) is 0 Å². The largest absolute Gasteiger partial charge is 0.356 e. The summed E-state index contributed by atoms with van der Waals surface area (Å²) in [6, 6.07) is 10.4. The molecule has 1 aromatic carbocycles. The van der Waals surface area contributed by atoms with Gasteiger partial charge in [0.2, 0.25) is 11.8 Å². The number of rotatable bonds is 9. The van der Waals surface area contributed by atoms with Gasteiger partial charge in [-0.2, -0.15) is 5.10 Å². The van der Waals surface area contributed by atoms with Gasteiger partial charge in [0, 0.05) is 31.1 Å². The van der Waals surface area contributed by atoms with Gasteiger partial charge in [-0.3, -0.25) is 14.3 Å². The zero-order valence-electron chi connectivity index (χ0n) is 16.6. The SMILES string of the molecule is CC(=O)NCCCCCC(=O)NC1CCCc2c1cnn2Cc1ccccc1. The van der Waals surface area contributed by atoms with Crippen molar-refractivity contribution < 1.29 is 9.59 Å². The van der Waals surface area contributed by atoms with Crippen LogP contribution in [-0.2, 0) is 22.6 Å². The van der Waals surface area contributed by atoms with Crippen LogP contribution in [0.3, 0.4) is 0 Å². The highest BCUT2D eigenvalue weighted by atomic mass is 16.2. The summed E-state index contributed by atoms with van der Waals surface area (Å²) in [5.41, 5.74) is 3.65. The maximum Gasteiger partial charge on any atom is 0.220 e. The predicted molar refractivity (Wildman–Crippen MR) is 109 cm³/mol. The Morgan fingerprint density at radius 3 is 2.79 bits per heavy atom. The van der Waals surface area contributed by atoms with Gasteiger partial charge in [0.15, 0.2) is 0 Å². The molecular weight excluding hydrogens is 352 g/mol. The number of amides is 2. The highest BCUT2D eigenvalue weighted by molar-refractivity contribution is 5.76. The lowest BCUT2D eigenvalue weighted by Crippen LogP contribution is -2.31. The number of hydrogen-bond donors (Lipinski definition) is 2. The van der Waals surface area contributed by atoms with Gasteiger partial charge in [0.1, 0.15) is 0 Å². The van der Waals surface area contributed by atoms with Crippen LogP contribution in [0.2, 0.25) is 0 Å². The average Bonchev–Trinajstić information content (AvgIpc) is 3.09. The molecule has 6 nitrogen and oxygen atoms in total. The fraction of sp³-hybridized carbons (Fsp3) is 0.500. The average molecular weight is 383 g/mol. The molecule has 1 unspecified atom stereocenters. The third-order valence-corrected chi connectivity index (χ3v) is 5.23. The number of unbranched alkanes of at least 4 members (excludes halogenated alkanes) is 2. The molecule has 0 bridgehead atoms. The van der Waals surface area contributed by atoms with Gasteiger partial charge < -0.3 is 10.6 Å². The Bertz CT molecular complexity index is 785. The molecule has 0 radical (unpaired) electrons. The second-order valence-corrected chi connectivity index (χ2v) is 7.50. The second-order valence-electron chi connectivity index (χ2n) is 7.50. The maximum absolute atomic E-state index is 12.4. The summed E-state index contributed by atoms with van der Waals surface area (Å²) in [5, 5.41) is 10.6. The Balaban J connectivity index is 1.49. The van der Waals surface area contributed by atoms with Crippen LogP contribution in [0.1, 0.15) is 68.3 Å². The molecule has 1 aliphatic rings. The molecule has 28 heavy (non-hydrogen) atoms. The molecule has 6 heteroatoms. The number of nitrogens with zero attached hydrogens (tertiary/aromatic N) is 2. The minimum Gasteiger partial charge on any atom is -0.356 e. The van der Waals surface area contributed by atoms with E-state index in [1.807, 2.05) is 24.4 Å². The number of hydrogen-bond acceptors (Lipinski definition) is 3. The fourth-order valence-electron chi connectivity index (χ4n) is 3.78. The summed E-state index contributed by atoms with van der Waals surface area (Å²) in [5.74, 6) is 0.104. The van der Waals surface area contributed by atoms with Gasteiger partial charge in [-0.1, -0.05) is 36.8 Å². The third kappa shape index (κ3) is 5.68. The fourth-order valence-corrected chi connectivity index (χ4v) is 3.78. The predicted octanol–water partition coefficient (Wildman–Crippen LogP) is 3.12. The maximum atomic E-state index is 12.4. The number of aromatic nitrogens is 2. The molecule has 0 aliphatic heterocycles. The summed E-state index contributed by atoms with van der Waals surface area (Å²) in [4.78, 5) is 23.2. The van der Waals surface area contributed by atoms with Gasteiger partial charge >= 0.3 is 0 Å².